The number of rotatable bonds is 2. The molecule has 0 atom stereocenters. The number of nitrogens with two attached hydrogens (primary N) is 1. The molecule has 12 heavy (non-hydrogen) atoms. The summed E-state index contributed by atoms with van der Waals surface area (Å²) in [5.74, 6) is 0. The van der Waals surface area contributed by atoms with Crippen molar-refractivity contribution in [3.8, 4) is 0 Å². The fourth-order valence-corrected chi connectivity index (χ4v) is 1.07. The van der Waals surface area contributed by atoms with Crippen molar-refractivity contribution in [3.63, 3.8) is 0 Å². The number of carbonyl (C=O) groups is 1. The highest BCUT2D eigenvalue weighted by atomic mass is 16.1. The smallest absolute Gasteiger partial charge is 0.142 e. The van der Waals surface area contributed by atoms with Crippen molar-refractivity contribution in [2.24, 2.45) is 0 Å². The third kappa shape index (κ3) is 1.72. The average Bonchev–Trinajstić information content (AvgIpc) is 2.04. The highest BCUT2D eigenvalue weighted by Crippen LogP contribution is 2.17. The molecule has 0 radical (unpaired) electrons. The number of hydrogen-bond acceptors (Lipinski definition) is 2. The molecule has 1 aromatic carbocycles. The molecule has 0 saturated carbocycles. The van der Waals surface area contributed by atoms with Crippen LogP contribution in [0.3, 0.4) is 0 Å². The van der Waals surface area contributed by atoms with Crippen LogP contribution in [0.4, 0.5) is 5.69 Å². The fraction of sp³-hybridized carbons (Fsp3) is 0.100. The molecule has 0 aliphatic rings. The molecule has 1 rings (SSSR count). The summed E-state index contributed by atoms with van der Waals surface area (Å²) in [4.78, 5) is 10.1. The van der Waals surface area contributed by atoms with E-state index < -0.39 is 0 Å². The van der Waals surface area contributed by atoms with E-state index in [0.29, 0.717) is 5.69 Å². The van der Waals surface area contributed by atoms with Crippen molar-refractivity contribution in [1.29, 1.82) is 0 Å². The Bertz CT molecular complexity index is 295. The van der Waals surface area contributed by atoms with E-state index in [9.17, 15) is 4.79 Å². The molecule has 0 aromatic heterocycles. The number of benzene rings is 1. The van der Waals surface area contributed by atoms with Gasteiger partial charge in [0.05, 0.1) is 0 Å². The van der Waals surface area contributed by atoms with Gasteiger partial charge in [-0.3, -0.25) is 4.79 Å². The summed E-state index contributed by atoms with van der Waals surface area (Å²) in [5, 5.41) is 0. The van der Waals surface area contributed by atoms with Crippen molar-refractivity contribution in [1.82, 2.24) is 0 Å². The van der Waals surface area contributed by atoms with E-state index in [4.69, 9.17) is 5.73 Å². The first-order valence-corrected chi connectivity index (χ1v) is 3.72. The lowest BCUT2D eigenvalue weighted by Gasteiger charge is -2.02. The summed E-state index contributed by atoms with van der Waals surface area (Å²) in [6.07, 6.45) is 3.90. The molecule has 2 nitrogen and oxygen atoms in total. The zero-order chi connectivity index (χ0) is 8.97. The van der Waals surface area contributed by atoms with E-state index in [1.165, 1.54) is 6.08 Å². The maximum absolute atomic E-state index is 10.1. The molecule has 0 aliphatic carbocycles. The molecule has 0 aliphatic heterocycles. The second-order valence-electron chi connectivity index (χ2n) is 2.57. The van der Waals surface area contributed by atoms with Crippen molar-refractivity contribution >= 4 is 18.0 Å². The first-order chi connectivity index (χ1) is 5.75. The Hall–Kier alpha value is -1.57. The number of hydrogen-bond donors (Lipinski definition) is 1. The lowest BCUT2D eigenvalue weighted by atomic mass is 10.1. The van der Waals surface area contributed by atoms with Crippen LogP contribution in [0.25, 0.3) is 6.08 Å². The van der Waals surface area contributed by atoms with Gasteiger partial charge >= 0.3 is 0 Å². The number of aryl methyl sites for hydroxylation is 1. The van der Waals surface area contributed by atoms with Gasteiger partial charge in [0.2, 0.25) is 0 Å². The molecule has 0 heterocycles. The van der Waals surface area contributed by atoms with E-state index in [1.54, 1.807) is 6.08 Å². The van der Waals surface area contributed by atoms with Gasteiger partial charge in [-0.05, 0) is 30.7 Å². The number of aldehydes is 1. The van der Waals surface area contributed by atoms with E-state index in [0.717, 1.165) is 17.4 Å². The lowest BCUT2D eigenvalue weighted by molar-refractivity contribution is -0.104. The molecule has 0 spiro atoms. The minimum absolute atomic E-state index is 0.702. The molecule has 0 bridgehead atoms. The van der Waals surface area contributed by atoms with Gasteiger partial charge in [-0.25, -0.2) is 0 Å². The Morgan fingerprint density at radius 3 is 2.75 bits per heavy atom. The zero-order valence-corrected chi connectivity index (χ0v) is 6.95. The Morgan fingerprint density at radius 2 is 2.17 bits per heavy atom. The maximum atomic E-state index is 10.1. The van der Waals surface area contributed by atoms with Crippen molar-refractivity contribution in [2.75, 3.05) is 5.73 Å². The van der Waals surface area contributed by atoms with Gasteiger partial charge in [0.25, 0.3) is 0 Å². The van der Waals surface area contributed by atoms with E-state index in [1.807, 2.05) is 25.1 Å². The number of anilines is 1. The van der Waals surface area contributed by atoms with Crippen LogP contribution in [0.2, 0.25) is 0 Å². The first-order valence-electron chi connectivity index (χ1n) is 3.72. The summed E-state index contributed by atoms with van der Waals surface area (Å²) >= 11 is 0. The van der Waals surface area contributed by atoms with E-state index >= 15 is 0 Å². The Morgan fingerprint density at radius 1 is 1.42 bits per heavy atom. The minimum Gasteiger partial charge on any atom is -0.398 e. The lowest BCUT2D eigenvalue weighted by Crippen LogP contribution is -1.91. The van der Waals surface area contributed by atoms with Crippen LogP contribution in [0.1, 0.15) is 11.1 Å². The monoisotopic (exact) mass is 161 g/mol. The van der Waals surface area contributed by atoms with E-state index in [-0.39, 0.29) is 0 Å². The molecule has 62 valence electrons. The third-order valence-electron chi connectivity index (χ3n) is 1.70. The van der Waals surface area contributed by atoms with Gasteiger partial charge in [-0.15, -0.1) is 0 Å². The van der Waals surface area contributed by atoms with Crippen LogP contribution in [-0.4, -0.2) is 6.29 Å². The molecular weight excluding hydrogens is 150 g/mol. The molecule has 0 saturated heterocycles. The quantitative estimate of drug-likeness (QED) is 0.408. The topological polar surface area (TPSA) is 43.1 Å². The van der Waals surface area contributed by atoms with Gasteiger partial charge in [0.15, 0.2) is 0 Å². The van der Waals surface area contributed by atoms with Crippen molar-refractivity contribution < 1.29 is 4.79 Å². The van der Waals surface area contributed by atoms with Crippen LogP contribution in [0, 0.1) is 6.92 Å². The number of carbonyl (C=O) groups excluding carboxylic acids is 1. The normalized spacial score (nSPS) is 10.4. The highest BCUT2D eigenvalue weighted by molar-refractivity contribution is 5.78. The van der Waals surface area contributed by atoms with Gasteiger partial charge in [0.1, 0.15) is 6.29 Å². The summed E-state index contributed by atoms with van der Waals surface area (Å²) in [6, 6.07) is 5.67. The van der Waals surface area contributed by atoms with Crippen LogP contribution in [-0.2, 0) is 4.79 Å². The van der Waals surface area contributed by atoms with Gasteiger partial charge in [0, 0.05) is 11.3 Å². The molecule has 2 heteroatoms. The summed E-state index contributed by atoms with van der Waals surface area (Å²) in [6.45, 7) is 1.96. The van der Waals surface area contributed by atoms with Crippen molar-refractivity contribution in [2.45, 2.75) is 6.92 Å². The molecule has 2 N–H and O–H groups in total. The van der Waals surface area contributed by atoms with Crippen LogP contribution in [0.15, 0.2) is 24.3 Å². The standard InChI is InChI=1S/C10H11NO/c1-8-4-2-6-10(11)9(8)5-3-7-12/h2-7H,11H2,1H3. The maximum Gasteiger partial charge on any atom is 0.142 e. The average molecular weight is 161 g/mol. The zero-order valence-electron chi connectivity index (χ0n) is 6.95. The number of allylic oxidation sites excluding steroid dienone is 1. The molecule has 0 amide bonds. The molecule has 0 unspecified atom stereocenters. The second kappa shape index (κ2) is 3.72. The summed E-state index contributed by atoms with van der Waals surface area (Å²) < 4.78 is 0. The van der Waals surface area contributed by atoms with E-state index in [2.05, 4.69) is 0 Å². The van der Waals surface area contributed by atoms with Gasteiger partial charge < -0.3 is 5.73 Å². The first kappa shape index (κ1) is 8.53. The minimum atomic E-state index is 0.702. The SMILES string of the molecule is Cc1cccc(N)c1C=CC=O. The molecule has 0 fully saturated rings. The third-order valence-corrected chi connectivity index (χ3v) is 1.70. The fourth-order valence-electron chi connectivity index (χ4n) is 1.07. The Balaban J connectivity index is 3.12. The predicted molar refractivity (Wildman–Crippen MR) is 50.7 cm³/mol. The summed E-state index contributed by atoms with van der Waals surface area (Å²) in [7, 11) is 0. The summed E-state index contributed by atoms with van der Waals surface area (Å²) in [5.41, 5.74) is 8.39. The molecular formula is C10H11NO. The highest BCUT2D eigenvalue weighted by Gasteiger charge is 1.96. The van der Waals surface area contributed by atoms with Gasteiger partial charge in [-0.1, -0.05) is 12.1 Å². The second-order valence-corrected chi connectivity index (χ2v) is 2.57. The Labute approximate surface area is 71.7 Å². The number of nitrogen functional groups attached to an aromatic ring is 1. The molecule has 1 aromatic rings. The van der Waals surface area contributed by atoms with Crippen LogP contribution < -0.4 is 5.73 Å². The van der Waals surface area contributed by atoms with Crippen molar-refractivity contribution in [3.05, 3.63) is 35.4 Å². The Kier molecular flexibility index (Phi) is 2.64. The largest absolute Gasteiger partial charge is 0.398 e. The van der Waals surface area contributed by atoms with Crippen LogP contribution in [0.5, 0.6) is 0 Å². The van der Waals surface area contributed by atoms with Crippen LogP contribution >= 0.6 is 0 Å². The van der Waals surface area contributed by atoms with Gasteiger partial charge in [-0.2, -0.15) is 0 Å². The predicted octanol–water partition coefficient (Wildman–Crippen LogP) is 1.79.